The molecule has 2 N–H and O–H groups in total. The summed E-state index contributed by atoms with van der Waals surface area (Å²) < 4.78 is 5.66. The number of carbonyl (C=O) groups is 1. The number of carbonyl (C=O) groups excluding carboxylic acids is 1. The number of amides is 1. The van der Waals surface area contributed by atoms with Gasteiger partial charge in [0.1, 0.15) is 5.60 Å². The molecule has 2 aliphatic rings. The Hall–Kier alpha value is -0.730. The third-order valence-electron chi connectivity index (χ3n) is 5.15. The molecule has 0 radical (unpaired) electrons. The molecule has 3 heteroatoms. The number of rotatable bonds is 3. The highest BCUT2D eigenvalue weighted by molar-refractivity contribution is 5.65. The first kappa shape index (κ1) is 13.7. The van der Waals surface area contributed by atoms with E-state index in [9.17, 15) is 4.79 Å². The average molecular weight is 253 g/mol. The average Bonchev–Trinajstić information content (AvgIpc) is 2.40. The van der Waals surface area contributed by atoms with Gasteiger partial charge in [0.2, 0.25) is 0 Å². The quantitative estimate of drug-likeness (QED) is 0.826. The highest BCUT2D eigenvalue weighted by Crippen LogP contribution is 2.44. The Kier molecular flexibility index (Phi) is 4.52. The van der Waals surface area contributed by atoms with Crippen LogP contribution in [0.15, 0.2) is 0 Å². The highest BCUT2D eigenvalue weighted by Gasteiger charge is 2.44. The van der Waals surface area contributed by atoms with Crippen molar-refractivity contribution in [1.29, 1.82) is 0 Å². The molecular weight excluding hydrogens is 226 g/mol. The van der Waals surface area contributed by atoms with Crippen molar-refractivity contribution in [3.63, 3.8) is 0 Å². The summed E-state index contributed by atoms with van der Waals surface area (Å²) >= 11 is 0. The van der Waals surface area contributed by atoms with Crippen LogP contribution in [-0.2, 0) is 4.74 Å². The fraction of sp³-hybridized carbons (Fsp3) is 0.933. The van der Waals surface area contributed by atoms with Crippen LogP contribution in [0.3, 0.4) is 0 Å². The van der Waals surface area contributed by atoms with Crippen LogP contribution in [0, 0.1) is 11.8 Å². The van der Waals surface area contributed by atoms with E-state index < -0.39 is 6.09 Å². The number of primary amides is 1. The molecule has 2 rings (SSSR count). The fourth-order valence-electron chi connectivity index (χ4n) is 4.07. The lowest BCUT2D eigenvalue weighted by Crippen LogP contribution is -2.48. The Morgan fingerprint density at radius 1 is 0.944 bits per heavy atom. The van der Waals surface area contributed by atoms with E-state index in [0.717, 1.165) is 0 Å². The van der Waals surface area contributed by atoms with Crippen LogP contribution in [0.2, 0.25) is 0 Å². The Labute approximate surface area is 110 Å². The minimum Gasteiger partial charge on any atom is -0.443 e. The molecule has 2 saturated carbocycles. The summed E-state index contributed by atoms with van der Waals surface area (Å²) in [4.78, 5) is 11.3. The molecule has 0 aromatic heterocycles. The maximum atomic E-state index is 11.3. The van der Waals surface area contributed by atoms with Gasteiger partial charge < -0.3 is 10.5 Å². The van der Waals surface area contributed by atoms with Gasteiger partial charge in [0.25, 0.3) is 0 Å². The normalized spacial score (nSPS) is 23.8. The van der Waals surface area contributed by atoms with Gasteiger partial charge in [-0.3, -0.25) is 0 Å². The van der Waals surface area contributed by atoms with Gasteiger partial charge in [-0.2, -0.15) is 0 Å². The van der Waals surface area contributed by atoms with Gasteiger partial charge in [-0.25, -0.2) is 4.79 Å². The lowest BCUT2D eigenvalue weighted by Gasteiger charge is -2.45. The number of ether oxygens (including phenoxy) is 1. The first-order valence-corrected chi connectivity index (χ1v) is 7.61. The van der Waals surface area contributed by atoms with Crippen LogP contribution in [0.1, 0.15) is 71.1 Å². The van der Waals surface area contributed by atoms with Crippen molar-refractivity contribution in [2.75, 3.05) is 0 Å². The molecule has 0 bridgehead atoms. The zero-order valence-corrected chi connectivity index (χ0v) is 11.6. The van der Waals surface area contributed by atoms with Crippen molar-refractivity contribution >= 4 is 6.09 Å². The highest BCUT2D eigenvalue weighted by atomic mass is 16.6. The van der Waals surface area contributed by atoms with Crippen molar-refractivity contribution in [3.05, 3.63) is 0 Å². The zero-order chi connectivity index (χ0) is 13.0. The lowest BCUT2D eigenvalue weighted by molar-refractivity contribution is -0.0815. The minimum atomic E-state index is -0.589. The van der Waals surface area contributed by atoms with E-state index in [2.05, 4.69) is 6.92 Å². The third kappa shape index (κ3) is 2.99. The summed E-state index contributed by atoms with van der Waals surface area (Å²) in [6.45, 7) is 2.14. The van der Waals surface area contributed by atoms with Gasteiger partial charge >= 0.3 is 6.09 Å². The van der Waals surface area contributed by atoms with Gasteiger partial charge in [0, 0.05) is 0 Å². The van der Waals surface area contributed by atoms with Gasteiger partial charge in [-0.15, -0.1) is 0 Å². The number of hydrogen-bond donors (Lipinski definition) is 1. The SMILES string of the molecule is CC(OC(N)=O)(C1CCCCC1)C1CCCCC1. The van der Waals surface area contributed by atoms with E-state index >= 15 is 0 Å². The molecule has 0 saturated heterocycles. The van der Waals surface area contributed by atoms with E-state index in [1.165, 1.54) is 64.2 Å². The van der Waals surface area contributed by atoms with Crippen molar-refractivity contribution in [1.82, 2.24) is 0 Å². The van der Waals surface area contributed by atoms with Crippen molar-refractivity contribution in [3.8, 4) is 0 Å². The minimum absolute atomic E-state index is 0.313. The fourth-order valence-corrected chi connectivity index (χ4v) is 4.07. The number of nitrogens with two attached hydrogens (primary N) is 1. The molecule has 0 aliphatic heterocycles. The van der Waals surface area contributed by atoms with Crippen molar-refractivity contribution in [2.24, 2.45) is 17.6 Å². The Morgan fingerprint density at radius 3 is 1.67 bits per heavy atom. The smallest absolute Gasteiger partial charge is 0.405 e. The summed E-state index contributed by atoms with van der Waals surface area (Å²) in [7, 11) is 0. The maximum absolute atomic E-state index is 11.3. The van der Waals surface area contributed by atoms with Crippen LogP contribution in [0.5, 0.6) is 0 Å². The molecule has 2 aliphatic carbocycles. The van der Waals surface area contributed by atoms with Crippen LogP contribution in [0.4, 0.5) is 4.79 Å². The second-order valence-electron chi connectivity index (χ2n) is 6.27. The summed E-state index contributed by atoms with van der Waals surface area (Å²) in [5.74, 6) is 1.03. The predicted molar refractivity (Wildman–Crippen MR) is 72.2 cm³/mol. The third-order valence-corrected chi connectivity index (χ3v) is 5.15. The molecule has 2 fully saturated rings. The predicted octanol–water partition coefficient (Wildman–Crippen LogP) is 4.00. The van der Waals surface area contributed by atoms with Crippen LogP contribution in [-0.4, -0.2) is 11.7 Å². The molecule has 104 valence electrons. The lowest BCUT2D eigenvalue weighted by atomic mass is 9.67. The molecular formula is C15H27NO2. The molecule has 0 spiro atoms. The summed E-state index contributed by atoms with van der Waals surface area (Å²) in [5, 5.41) is 0. The van der Waals surface area contributed by atoms with E-state index in [-0.39, 0.29) is 5.60 Å². The molecule has 0 aromatic carbocycles. The van der Waals surface area contributed by atoms with E-state index in [1.807, 2.05) is 0 Å². The molecule has 0 atom stereocenters. The Balaban J connectivity index is 2.11. The summed E-state index contributed by atoms with van der Waals surface area (Å²) in [5.41, 5.74) is 5.02. The second kappa shape index (κ2) is 5.94. The standard InChI is InChI=1S/C15H27NO2/c1-15(18-14(16)17,12-8-4-2-5-9-12)13-10-6-3-7-11-13/h12-13H,2-11H2,1H3,(H2,16,17). The summed E-state index contributed by atoms with van der Waals surface area (Å²) in [6.07, 6.45) is 11.9. The Bertz CT molecular complexity index is 260. The maximum Gasteiger partial charge on any atom is 0.405 e. The van der Waals surface area contributed by atoms with Gasteiger partial charge in [-0.05, 0) is 44.4 Å². The molecule has 18 heavy (non-hydrogen) atoms. The first-order chi connectivity index (χ1) is 8.63. The van der Waals surface area contributed by atoms with E-state index in [1.54, 1.807) is 0 Å². The van der Waals surface area contributed by atoms with Crippen molar-refractivity contribution in [2.45, 2.75) is 76.7 Å². The van der Waals surface area contributed by atoms with Gasteiger partial charge in [0.15, 0.2) is 0 Å². The molecule has 1 amide bonds. The van der Waals surface area contributed by atoms with Gasteiger partial charge in [-0.1, -0.05) is 38.5 Å². The van der Waals surface area contributed by atoms with Crippen LogP contribution >= 0.6 is 0 Å². The van der Waals surface area contributed by atoms with Crippen LogP contribution in [0.25, 0.3) is 0 Å². The molecule has 3 nitrogen and oxygen atoms in total. The zero-order valence-electron chi connectivity index (χ0n) is 11.6. The number of hydrogen-bond acceptors (Lipinski definition) is 2. The largest absolute Gasteiger partial charge is 0.443 e. The summed E-state index contributed by atoms with van der Waals surface area (Å²) in [6, 6.07) is 0. The topological polar surface area (TPSA) is 52.3 Å². The first-order valence-electron chi connectivity index (χ1n) is 7.61. The van der Waals surface area contributed by atoms with Crippen LogP contribution < -0.4 is 5.73 Å². The molecule has 0 unspecified atom stereocenters. The molecule has 0 heterocycles. The van der Waals surface area contributed by atoms with Gasteiger partial charge in [0.05, 0.1) is 0 Å². The van der Waals surface area contributed by atoms with E-state index in [4.69, 9.17) is 10.5 Å². The second-order valence-corrected chi connectivity index (χ2v) is 6.27. The Morgan fingerprint density at radius 2 is 1.33 bits per heavy atom. The monoisotopic (exact) mass is 253 g/mol. The van der Waals surface area contributed by atoms with E-state index in [0.29, 0.717) is 11.8 Å². The molecule has 0 aromatic rings. The van der Waals surface area contributed by atoms with Crippen molar-refractivity contribution < 1.29 is 9.53 Å².